The van der Waals surface area contributed by atoms with Crippen LogP contribution < -0.4 is 10.9 Å². The Morgan fingerprint density at radius 2 is 1.93 bits per heavy atom. The summed E-state index contributed by atoms with van der Waals surface area (Å²) < 4.78 is 9.83. The number of nitrogens with one attached hydrogen (secondary N) is 1. The second-order valence-corrected chi connectivity index (χ2v) is 5.96. The number of benzene rings is 2. The summed E-state index contributed by atoms with van der Waals surface area (Å²) in [5.41, 5.74) is -1.50. The molecule has 142 valence electrons. The molecule has 1 aromatic heterocycles. The standard InChI is InChI=1S/C18H11ClN2O7/c19-11-5-6-13(14(8-11)21(25)26)20-16(22)9-27-17(23)12-7-10-3-1-2-4-15(10)28-18(12)24/h1-8H,9H2,(H,20,22). The van der Waals surface area contributed by atoms with E-state index in [1.165, 1.54) is 18.2 Å². The van der Waals surface area contributed by atoms with E-state index in [-0.39, 0.29) is 16.3 Å². The van der Waals surface area contributed by atoms with Crippen molar-refractivity contribution in [2.75, 3.05) is 11.9 Å². The molecular formula is C18H11ClN2O7. The van der Waals surface area contributed by atoms with Gasteiger partial charge in [-0.2, -0.15) is 0 Å². The van der Waals surface area contributed by atoms with E-state index in [1.54, 1.807) is 24.3 Å². The number of carbonyl (C=O) groups excluding carboxylic acids is 2. The maximum absolute atomic E-state index is 12.1. The van der Waals surface area contributed by atoms with Crippen molar-refractivity contribution in [3.8, 4) is 0 Å². The SMILES string of the molecule is O=C(COC(=O)c1cc2ccccc2oc1=O)Nc1ccc(Cl)cc1[N+](=O)[O-]. The van der Waals surface area contributed by atoms with Crippen LogP contribution in [0.2, 0.25) is 5.02 Å². The van der Waals surface area contributed by atoms with Crippen LogP contribution in [-0.2, 0) is 9.53 Å². The van der Waals surface area contributed by atoms with Crippen molar-refractivity contribution in [1.82, 2.24) is 0 Å². The van der Waals surface area contributed by atoms with Crippen LogP contribution in [-0.4, -0.2) is 23.4 Å². The number of amides is 1. The first-order chi connectivity index (χ1) is 13.3. The molecule has 10 heteroatoms. The number of para-hydroxylation sites is 1. The molecule has 0 bridgehead atoms. The van der Waals surface area contributed by atoms with Crippen LogP contribution in [0.3, 0.4) is 0 Å². The van der Waals surface area contributed by atoms with Crippen molar-refractivity contribution >= 4 is 45.8 Å². The number of halogens is 1. The third-order valence-electron chi connectivity index (χ3n) is 3.63. The molecule has 3 aromatic rings. The van der Waals surface area contributed by atoms with Crippen molar-refractivity contribution in [2.24, 2.45) is 0 Å². The quantitative estimate of drug-likeness (QED) is 0.300. The number of carbonyl (C=O) groups is 2. The van der Waals surface area contributed by atoms with E-state index in [0.717, 1.165) is 6.07 Å². The molecule has 3 rings (SSSR count). The van der Waals surface area contributed by atoms with Gasteiger partial charge in [-0.15, -0.1) is 0 Å². The summed E-state index contributed by atoms with van der Waals surface area (Å²) in [5.74, 6) is -1.88. The summed E-state index contributed by atoms with van der Waals surface area (Å²) in [6.07, 6.45) is 0. The zero-order valence-electron chi connectivity index (χ0n) is 14.0. The van der Waals surface area contributed by atoms with Crippen LogP contribution in [0, 0.1) is 10.1 Å². The Hall–Kier alpha value is -3.72. The van der Waals surface area contributed by atoms with Crippen LogP contribution in [0.15, 0.2) is 57.7 Å². The maximum atomic E-state index is 12.1. The van der Waals surface area contributed by atoms with Crippen molar-refractivity contribution in [2.45, 2.75) is 0 Å². The molecule has 0 radical (unpaired) electrons. The van der Waals surface area contributed by atoms with E-state index >= 15 is 0 Å². The van der Waals surface area contributed by atoms with Gasteiger partial charge in [0.2, 0.25) is 0 Å². The van der Waals surface area contributed by atoms with Gasteiger partial charge in [0.05, 0.1) is 4.92 Å². The third-order valence-corrected chi connectivity index (χ3v) is 3.86. The molecule has 0 fully saturated rings. The van der Waals surface area contributed by atoms with E-state index in [0.29, 0.717) is 11.0 Å². The van der Waals surface area contributed by atoms with Crippen LogP contribution in [0.1, 0.15) is 10.4 Å². The van der Waals surface area contributed by atoms with Gasteiger partial charge in [0.15, 0.2) is 6.61 Å². The lowest BCUT2D eigenvalue weighted by Crippen LogP contribution is -2.24. The fraction of sp³-hybridized carbons (Fsp3) is 0.0556. The Bertz CT molecular complexity index is 1160. The minimum Gasteiger partial charge on any atom is -0.452 e. The van der Waals surface area contributed by atoms with Gasteiger partial charge in [0.1, 0.15) is 16.8 Å². The van der Waals surface area contributed by atoms with Gasteiger partial charge in [-0.1, -0.05) is 29.8 Å². The Morgan fingerprint density at radius 3 is 2.68 bits per heavy atom. The fourth-order valence-corrected chi connectivity index (χ4v) is 2.53. The van der Waals surface area contributed by atoms with Crippen LogP contribution in [0.25, 0.3) is 11.0 Å². The number of fused-ring (bicyclic) bond motifs is 1. The fourth-order valence-electron chi connectivity index (χ4n) is 2.36. The Balaban J connectivity index is 1.70. The molecule has 1 N–H and O–H groups in total. The molecular weight excluding hydrogens is 392 g/mol. The van der Waals surface area contributed by atoms with E-state index in [1.807, 2.05) is 0 Å². The van der Waals surface area contributed by atoms with E-state index in [2.05, 4.69) is 5.32 Å². The first kappa shape index (κ1) is 19.1. The maximum Gasteiger partial charge on any atom is 0.351 e. The van der Waals surface area contributed by atoms with Crippen LogP contribution in [0.4, 0.5) is 11.4 Å². The molecule has 1 heterocycles. The average molecular weight is 403 g/mol. The molecule has 0 saturated carbocycles. The third kappa shape index (κ3) is 4.15. The first-order valence-corrected chi connectivity index (χ1v) is 8.17. The molecule has 0 spiro atoms. The summed E-state index contributed by atoms with van der Waals surface area (Å²) in [4.78, 5) is 46.3. The number of hydrogen-bond acceptors (Lipinski definition) is 7. The highest BCUT2D eigenvalue weighted by atomic mass is 35.5. The number of esters is 1. The average Bonchev–Trinajstić information content (AvgIpc) is 2.66. The summed E-state index contributed by atoms with van der Waals surface area (Å²) in [6, 6.07) is 11.6. The molecule has 9 nitrogen and oxygen atoms in total. The van der Waals surface area contributed by atoms with E-state index in [9.17, 15) is 24.5 Å². The number of anilines is 1. The van der Waals surface area contributed by atoms with Gasteiger partial charge >= 0.3 is 11.6 Å². The van der Waals surface area contributed by atoms with Crippen molar-refractivity contribution in [3.63, 3.8) is 0 Å². The monoisotopic (exact) mass is 402 g/mol. The first-order valence-electron chi connectivity index (χ1n) is 7.79. The number of nitro groups is 1. The minimum absolute atomic E-state index is 0.110. The Kier molecular flexibility index (Phi) is 5.37. The number of ether oxygens (including phenoxy) is 1. The zero-order chi connectivity index (χ0) is 20.3. The van der Waals surface area contributed by atoms with Gasteiger partial charge in [0, 0.05) is 16.5 Å². The predicted molar refractivity (Wildman–Crippen MR) is 99.5 cm³/mol. The Morgan fingerprint density at radius 1 is 1.18 bits per heavy atom. The second-order valence-electron chi connectivity index (χ2n) is 5.53. The van der Waals surface area contributed by atoms with Gasteiger partial charge in [-0.05, 0) is 24.3 Å². The van der Waals surface area contributed by atoms with E-state index in [4.69, 9.17) is 20.8 Å². The van der Waals surface area contributed by atoms with E-state index < -0.39 is 34.7 Å². The zero-order valence-corrected chi connectivity index (χ0v) is 14.8. The smallest absolute Gasteiger partial charge is 0.351 e. The lowest BCUT2D eigenvalue weighted by molar-refractivity contribution is -0.383. The predicted octanol–water partition coefficient (Wildman–Crippen LogP) is 3.15. The molecule has 28 heavy (non-hydrogen) atoms. The molecule has 1 amide bonds. The highest BCUT2D eigenvalue weighted by Crippen LogP contribution is 2.27. The van der Waals surface area contributed by atoms with Crippen LogP contribution in [0.5, 0.6) is 0 Å². The van der Waals surface area contributed by atoms with Gasteiger partial charge in [-0.25, -0.2) is 9.59 Å². The molecule has 0 aliphatic carbocycles. The van der Waals surface area contributed by atoms with Gasteiger partial charge < -0.3 is 14.5 Å². The second kappa shape index (κ2) is 7.89. The van der Waals surface area contributed by atoms with Gasteiger partial charge in [0.25, 0.3) is 11.6 Å². The lowest BCUT2D eigenvalue weighted by Gasteiger charge is -2.07. The molecule has 2 aromatic carbocycles. The number of nitro benzene ring substituents is 1. The Labute approximate surface area is 161 Å². The molecule has 0 unspecified atom stereocenters. The summed E-state index contributed by atoms with van der Waals surface area (Å²) in [5, 5.41) is 13.9. The number of nitrogens with zero attached hydrogens (tertiary/aromatic N) is 1. The topological polar surface area (TPSA) is 129 Å². The number of hydrogen-bond donors (Lipinski definition) is 1. The van der Waals surface area contributed by atoms with Crippen molar-refractivity contribution in [3.05, 3.63) is 79.7 Å². The summed E-state index contributed by atoms with van der Waals surface area (Å²) >= 11 is 5.70. The van der Waals surface area contributed by atoms with Crippen LogP contribution >= 0.6 is 11.6 Å². The van der Waals surface area contributed by atoms with Crippen molar-refractivity contribution < 1.29 is 23.7 Å². The number of rotatable bonds is 5. The molecule has 0 saturated heterocycles. The molecule has 0 aliphatic heterocycles. The largest absolute Gasteiger partial charge is 0.452 e. The van der Waals surface area contributed by atoms with Gasteiger partial charge in [-0.3, -0.25) is 14.9 Å². The highest BCUT2D eigenvalue weighted by molar-refractivity contribution is 6.31. The molecule has 0 atom stereocenters. The van der Waals surface area contributed by atoms with Crippen molar-refractivity contribution in [1.29, 1.82) is 0 Å². The highest BCUT2D eigenvalue weighted by Gasteiger charge is 2.19. The molecule has 0 aliphatic rings. The summed E-state index contributed by atoms with van der Waals surface area (Å²) in [6.45, 7) is -0.759. The minimum atomic E-state index is -1.06. The summed E-state index contributed by atoms with van der Waals surface area (Å²) in [7, 11) is 0. The normalized spacial score (nSPS) is 10.5. The lowest BCUT2D eigenvalue weighted by atomic mass is 10.2.